The van der Waals surface area contributed by atoms with E-state index in [-0.39, 0.29) is 32.9 Å². The molecule has 32 heavy (non-hydrogen) atoms. The highest BCUT2D eigenvalue weighted by atomic mass is 79.9. The molecular weight excluding hydrogens is 519 g/mol. The molecule has 3 aromatic rings. The molecule has 0 bridgehead atoms. The average molecular weight is 541 g/mol. The zero-order chi connectivity index (χ0) is 22.2. The van der Waals surface area contributed by atoms with Crippen LogP contribution in [0.5, 0.6) is 0 Å². The van der Waals surface area contributed by atoms with Gasteiger partial charge in [-0.15, -0.1) is 0 Å². The third kappa shape index (κ3) is 4.35. The maximum atomic E-state index is 13.0. The second kappa shape index (κ2) is 9.42. The summed E-state index contributed by atoms with van der Waals surface area (Å²) in [6.45, 7) is 2.27. The van der Waals surface area contributed by atoms with E-state index in [0.29, 0.717) is 41.2 Å². The van der Waals surface area contributed by atoms with E-state index in [0.717, 1.165) is 17.7 Å². The molecule has 2 aliphatic heterocycles. The van der Waals surface area contributed by atoms with Crippen molar-refractivity contribution in [3.05, 3.63) is 39.1 Å². The van der Waals surface area contributed by atoms with Gasteiger partial charge in [-0.1, -0.05) is 0 Å². The average Bonchev–Trinajstić information content (AvgIpc) is 3.51. The van der Waals surface area contributed by atoms with E-state index in [1.54, 1.807) is 17.5 Å². The molecule has 170 valence electrons. The van der Waals surface area contributed by atoms with E-state index in [2.05, 4.69) is 30.9 Å². The molecule has 3 aromatic heterocycles. The number of aliphatic hydroxyl groups excluding tert-OH is 1. The van der Waals surface area contributed by atoms with Crippen LogP contribution in [-0.2, 0) is 13.8 Å². The summed E-state index contributed by atoms with van der Waals surface area (Å²) < 4.78 is 18.8. The van der Waals surface area contributed by atoms with Gasteiger partial charge in [0.2, 0.25) is 5.78 Å². The van der Waals surface area contributed by atoms with E-state index >= 15 is 0 Å². The lowest BCUT2D eigenvalue weighted by molar-refractivity contribution is -0.0290. The summed E-state index contributed by atoms with van der Waals surface area (Å²) in [5, 5.41) is 14.4. The van der Waals surface area contributed by atoms with Gasteiger partial charge in [0.15, 0.2) is 9.03 Å². The third-order valence-corrected chi connectivity index (χ3v) is 7.54. The topological polar surface area (TPSA) is 110 Å². The summed E-state index contributed by atoms with van der Waals surface area (Å²) in [5.74, 6) is 0.490. The van der Waals surface area contributed by atoms with Crippen molar-refractivity contribution in [1.29, 1.82) is 0 Å². The highest BCUT2D eigenvalue weighted by Crippen LogP contribution is 2.36. The molecule has 0 saturated carbocycles. The summed E-state index contributed by atoms with van der Waals surface area (Å²) in [6.07, 6.45) is 2.27. The Hall–Kier alpha value is -1.46. The van der Waals surface area contributed by atoms with Gasteiger partial charge < -0.3 is 23.9 Å². The van der Waals surface area contributed by atoms with Gasteiger partial charge in [0.1, 0.15) is 24.0 Å². The molecule has 9 nitrogen and oxygen atoms in total. The quantitative estimate of drug-likeness (QED) is 0.364. The number of hydrogen-bond donors (Lipinski definition) is 2. The van der Waals surface area contributed by atoms with Crippen molar-refractivity contribution in [3.8, 4) is 11.3 Å². The Morgan fingerprint density at radius 2 is 2.41 bits per heavy atom. The monoisotopic (exact) mass is 540 g/mol. The SMILES string of the molecule is Cc1[nH]c2nc(-c3ccsc3)cn2c(=O)c1N=C(Br)CCC[C@@H]1OC2COPO[C@H]2C1O. The second-order valence-electron chi connectivity index (χ2n) is 7.80. The van der Waals surface area contributed by atoms with Gasteiger partial charge >= 0.3 is 0 Å². The number of halogens is 1. The largest absolute Gasteiger partial charge is 0.388 e. The number of aromatic nitrogens is 3. The molecule has 2 fully saturated rings. The fourth-order valence-corrected chi connectivity index (χ4v) is 5.78. The van der Waals surface area contributed by atoms with Crippen molar-refractivity contribution in [2.24, 2.45) is 4.99 Å². The standard InChI is InChI=1S/C20H22BrN4O5PS/c1-10-16(19(27)25-7-12(23-20(25)22-10)11-5-6-32-9-11)24-15(21)4-2-3-13-17(26)18-14(29-13)8-28-31-30-18/h5-7,9,13-14,17-18,26,31H,2-4,8H2,1H3,(H,22,23)/t13-,14?,17?,18+/m0/s1. The minimum atomic E-state index is -0.654. The number of nitrogens with zero attached hydrogens (tertiary/aromatic N) is 3. The van der Waals surface area contributed by atoms with Crippen LogP contribution >= 0.6 is 36.3 Å². The van der Waals surface area contributed by atoms with Crippen molar-refractivity contribution in [2.75, 3.05) is 6.61 Å². The fourth-order valence-electron chi connectivity index (χ4n) is 3.97. The number of fused-ring (bicyclic) bond motifs is 2. The lowest BCUT2D eigenvalue weighted by Crippen LogP contribution is -2.37. The molecular formula is C20H22BrN4O5PS. The van der Waals surface area contributed by atoms with E-state index in [1.807, 2.05) is 23.8 Å². The van der Waals surface area contributed by atoms with Crippen LogP contribution in [-0.4, -0.2) is 55.1 Å². The first-order valence-electron chi connectivity index (χ1n) is 10.2. The van der Waals surface area contributed by atoms with Crippen molar-refractivity contribution >= 4 is 52.4 Å². The maximum Gasteiger partial charge on any atom is 0.285 e. The van der Waals surface area contributed by atoms with Gasteiger partial charge in [-0.05, 0) is 53.6 Å². The number of ether oxygens (including phenoxy) is 1. The third-order valence-electron chi connectivity index (χ3n) is 5.63. The number of aliphatic imine (C=N–C) groups is 1. The van der Waals surface area contributed by atoms with Gasteiger partial charge in [-0.3, -0.25) is 4.79 Å². The van der Waals surface area contributed by atoms with E-state index in [9.17, 15) is 9.90 Å². The smallest absolute Gasteiger partial charge is 0.285 e. The number of thiophene rings is 1. The first kappa shape index (κ1) is 22.3. The van der Waals surface area contributed by atoms with Crippen LogP contribution in [0.4, 0.5) is 5.69 Å². The number of aryl methyl sites for hydroxylation is 1. The molecule has 0 aliphatic carbocycles. The van der Waals surface area contributed by atoms with Crippen molar-refractivity contribution < 1.29 is 18.9 Å². The number of imidazole rings is 1. The minimum Gasteiger partial charge on any atom is -0.388 e. The summed E-state index contributed by atoms with van der Waals surface area (Å²) in [7, 11) is -0.0475. The molecule has 2 N–H and O–H groups in total. The number of aromatic amines is 1. The number of rotatable bonds is 6. The van der Waals surface area contributed by atoms with Gasteiger partial charge in [0.05, 0.1) is 23.0 Å². The van der Waals surface area contributed by atoms with Crippen molar-refractivity contribution in [3.63, 3.8) is 0 Å². The molecule has 0 radical (unpaired) electrons. The van der Waals surface area contributed by atoms with Crippen LogP contribution in [0.1, 0.15) is 25.0 Å². The zero-order valence-electron chi connectivity index (χ0n) is 17.2. The highest BCUT2D eigenvalue weighted by Gasteiger charge is 2.46. The van der Waals surface area contributed by atoms with Crippen LogP contribution in [0.3, 0.4) is 0 Å². The maximum absolute atomic E-state index is 13.0. The Balaban J connectivity index is 1.28. The molecule has 3 unspecified atom stereocenters. The molecule has 0 amide bonds. The van der Waals surface area contributed by atoms with E-state index in [4.69, 9.17) is 13.8 Å². The van der Waals surface area contributed by atoms with Crippen LogP contribution in [0.15, 0.2) is 32.8 Å². The van der Waals surface area contributed by atoms with E-state index < -0.39 is 6.10 Å². The van der Waals surface area contributed by atoms with Gasteiger partial charge in [0, 0.05) is 22.8 Å². The molecule has 2 saturated heterocycles. The lowest BCUT2D eigenvalue weighted by Gasteiger charge is -2.24. The molecule has 12 heteroatoms. The first-order chi connectivity index (χ1) is 15.5. The predicted molar refractivity (Wildman–Crippen MR) is 128 cm³/mol. The molecule has 5 heterocycles. The van der Waals surface area contributed by atoms with Gasteiger partial charge in [-0.25, -0.2) is 14.4 Å². The molecule has 0 spiro atoms. The minimum absolute atomic E-state index is 0.0475. The summed E-state index contributed by atoms with van der Waals surface area (Å²) in [6, 6.07) is 1.97. The Morgan fingerprint density at radius 1 is 1.53 bits per heavy atom. The molecule has 0 aromatic carbocycles. The first-order valence-corrected chi connectivity index (χ1v) is 12.8. The Labute approximate surface area is 197 Å². The van der Waals surface area contributed by atoms with Crippen LogP contribution in [0.25, 0.3) is 17.0 Å². The van der Waals surface area contributed by atoms with Crippen molar-refractivity contribution in [1.82, 2.24) is 14.4 Å². The summed E-state index contributed by atoms with van der Waals surface area (Å²) in [4.78, 5) is 25.3. The van der Waals surface area contributed by atoms with E-state index in [1.165, 1.54) is 4.40 Å². The van der Waals surface area contributed by atoms with Gasteiger partial charge in [0.25, 0.3) is 5.56 Å². The van der Waals surface area contributed by atoms with Gasteiger partial charge in [-0.2, -0.15) is 11.3 Å². The Morgan fingerprint density at radius 3 is 3.19 bits per heavy atom. The van der Waals surface area contributed by atoms with Crippen LogP contribution in [0.2, 0.25) is 0 Å². The van der Waals surface area contributed by atoms with Crippen LogP contribution < -0.4 is 5.56 Å². The summed E-state index contributed by atoms with van der Waals surface area (Å²) in [5.41, 5.74) is 2.49. The molecule has 2 aliphatic rings. The molecule has 5 atom stereocenters. The lowest BCUT2D eigenvalue weighted by atomic mass is 10.0. The summed E-state index contributed by atoms with van der Waals surface area (Å²) >= 11 is 5.08. The Bertz CT molecular complexity index is 1200. The number of H-pyrrole nitrogens is 1. The number of aliphatic hydroxyl groups is 1. The normalized spacial score (nSPS) is 26.8. The highest BCUT2D eigenvalue weighted by molar-refractivity contribution is 9.18. The number of nitrogens with one attached hydrogen (secondary N) is 1. The molecule has 5 rings (SSSR count). The van der Waals surface area contributed by atoms with Crippen molar-refractivity contribution in [2.45, 2.75) is 50.6 Å². The predicted octanol–water partition coefficient (Wildman–Crippen LogP) is 3.71. The van der Waals surface area contributed by atoms with Crippen LogP contribution in [0, 0.1) is 6.92 Å². The second-order valence-corrected chi connectivity index (χ2v) is 10.2. The fraction of sp³-hybridized carbons (Fsp3) is 0.450. The Kier molecular flexibility index (Phi) is 6.58. The zero-order valence-corrected chi connectivity index (χ0v) is 20.6. The number of hydrogen-bond acceptors (Lipinski definition) is 8.